The standard InChI is InChI=1S/C11H17NO2/c1-3-10(9-12)5-6-11(4-2)13-7-8-14-11/h4,10H,2-3,5-8H2,1H3. The Kier molecular flexibility index (Phi) is 4.12. The molecule has 1 saturated heterocycles. The molecule has 0 spiro atoms. The molecule has 0 N–H and O–H groups in total. The molecule has 0 aliphatic carbocycles. The lowest BCUT2D eigenvalue weighted by Gasteiger charge is -2.23. The van der Waals surface area contributed by atoms with Gasteiger partial charge in [0.2, 0.25) is 0 Å². The highest BCUT2D eigenvalue weighted by atomic mass is 16.7. The van der Waals surface area contributed by atoms with E-state index in [1.807, 2.05) is 6.92 Å². The number of ether oxygens (including phenoxy) is 2. The third kappa shape index (κ3) is 2.57. The van der Waals surface area contributed by atoms with Gasteiger partial charge in [-0.05, 0) is 18.9 Å². The summed E-state index contributed by atoms with van der Waals surface area (Å²) in [7, 11) is 0. The second-order valence-corrected chi connectivity index (χ2v) is 3.49. The third-order valence-corrected chi connectivity index (χ3v) is 2.60. The average Bonchev–Trinajstić information content (AvgIpc) is 2.69. The average molecular weight is 195 g/mol. The van der Waals surface area contributed by atoms with Crippen molar-refractivity contribution in [3.05, 3.63) is 12.7 Å². The van der Waals surface area contributed by atoms with Gasteiger partial charge in [-0.1, -0.05) is 13.5 Å². The Bertz CT molecular complexity index is 226. The summed E-state index contributed by atoms with van der Waals surface area (Å²) in [6.45, 7) is 6.97. The molecule has 1 fully saturated rings. The highest BCUT2D eigenvalue weighted by Gasteiger charge is 2.33. The normalized spacial score (nSPS) is 21.4. The van der Waals surface area contributed by atoms with Crippen molar-refractivity contribution in [2.75, 3.05) is 13.2 Å². The van der Waals surface area contributed by atoms with E-state index in [2.05, 4.69) is 12.6 Å². The Labute approximate surface area is 85.3 Å². The summed E-state index contributed by atoms with van der Waals surface area (Å²) >= 11 is 0. The molecule has 1 rings (SSSR count). The van der Waals surface area contributed by atoms with Crippen LogP contribution in [0.3, 0.4) is 0 Å². The van der Waals surface area contributed by atoms with E-state index in [0.717, 1.165) is 19.3 Å². The molecule has 0 radical (unpaired) electrons. The molecule has 1 unspecified atom stereocenters. The smallest absolute Gasteiger partial charge is 0.187 e. The molecule has 0 aromatic rings. The minimum atomic E-state index is -0.621. The number of nitrogens with zero attached hydrogens (tertiary/aromatic N) is 1. The van der Waals surface area contributed by atoms with Crippen LogP contribution < -0.4 is 0 Å². The second kappa shape index (κ2) is 5.14. The molecule has 78 valence electrons. The van der Waals surface area contributed by atoms with E-state index in [1.54, 1.807) is 6.08 Å². The fourth-order valence-electron chi connectivity index (χ4n) is 1.57. The zero-order valence-corrected chi connectivity index (χ0v) is 8.66. The Morgan fingerprint density at radius 1 is 1.57 bits per heavy atom. The van der Waals surface area contributed by atoms with E-state index in [1.165, 1.54) is 0 Å². The first-order valence-electron chi connectivity index (χ1n) is 5.07. The summed E-state index contributed by atoms with van der Waals surface area (Å²) in [5, 5.41) is 8.80. The zero-order valence-electron chi connectivity index (χ0n) is 8.66. The monoisotopic (exact) mass is 195 g/mol. The van der Waals surface area contributed by atoms with Crippen molar-refractivity contribution < 1.29 is 9.47 Å². The molecular formula is C11H17NO2. The summed E-state index contributed by atoms with van der Waals surface area (Å²) in [6, 6.07) is 2.27. The molecule has 1 atom stereocenters. The first-order valence-corrected chi connectivity index (χ1v) is 5.07. The van der Waals surface area contributed by atoms with Crippen LogP contribution in [-0.2, 0) is 9.47 Å². The van der Waals surface area contributed by atoms with Gasteiger partial charge in [0.05, 0.1) is 19.3 Å². The van der Waals surface area contributed by atoms with Gasteiger partial charge in [-0.3, -0.25) is 0 Å². The molecule has 0 amide bonds. The van der Waals surface area contributed by atoms with E-state index in [-0.39, 0.29) is 5.92 Å². The van der Waals surface area contributed by atoms with Gasteiger partial charge >= 0.3 is 0 Å². The highest BCUT2D eigenvalue weighted by molar-refractivity contribution is 4.94. The molecule has 3 heteroatoms. The van der Waals surface area contributed by atoms with E-state index in [4.69, 9.17) is 14.7 Å². The van der Waals surface area contributed by atoms with Crippen LogP contribution in [0.4, 0.5) is 0 Å². The van der Waals surface area contributed by atoms with Crippen molar-refractivity contribution in [3.8, 4) is 6.07 Å². The van der Waals surface area contributed by atoms with Gasteiger partial charge in [-0.25, -0.2) is 0 Å². The van der Waals surface area contributed by atoms with Crippen molar-refractivity contribution in [1.29, 1.82) is 5.26 Å². The SMILES string of the molecule is C=CC1(CCC(C#N)CC)OCCO1. The molecule has 0 saturated carbocycles. The summed E-state index contributed by atoms with van der Waals surface area (Å²) in [6.07, 6.45) is 4.11. The molecule has 0 aromatic heterocycles. The van der Waals surface area contributed by atoms with Crippen molar-refractivity contribution >= 4 is 0 Å². The lowest BCUT2D eigenvalue weighted by atomic mass is 9.98. The van der Waals surface area contributed by atoms with Crippen LogP contribution in [0.2, 0.25) is 0 Å². The molecule has 14 heavy (non-hydrogen) atoms. The van der Waals surface area contributed by atoms with Crippen molar-refractivity contribution in [2.45, 2.75) is 32.0 Å². The minimum absolute atomic E-state index is 0.0969. The van der Waals surface area contributed by atoms with Gasteiger partial charge < -0.3 is 9.47 Å². The summed E-state index contributed by atoms with van der Waals surface area (Å²) in [5.41, 5.74) is 0. The van der Waals surface area contributed by atoms with Crippen LogP contribution in [0.25, 0.3) is 0 Å². The molecule has 3 nitrogen and oxygen atoms in total. The zero-order chi connectivity index (χ0) is 10.4. The maximum absolute atomic E-state index is 8.80. The predicted octanol–water partition coefficient (Wildman–Crippen LogP) is 2.25. The number of hydrogen-bond acceptors (Lipinski definition) is 3. The highest BCUT2D eigenvalue weighted by Crippen LogP contribution is 2.28. The molecular weight excluding hydrogens is 178 g/mol. The minimum Gasteiger partial charge on any atom is -0.344 e. The van der Waals surface area contributed by atoms with Gasteiger partial charge in [0.15, 0.2) is 5.79 Å². The Morgan fingerprint density at radius 2 is 2.21 bits per heavy atom. The lowest BCUT2D eigenvalue weighted by molar-refractivity contribution is -0.123. The van der Waals surface area contributed by atoms with Crippen LogP contribution >= 0.6 is 0 Å². The maximum Gasteiger partial charge on any atom is 0.187 e. The van der Waals surface area contributed by atoms with Crippen LogP contribution in [0.5, 0.6) is 0 Å². The van der Waals surface area contributed by atoms with Crippen LogP contribution in [0.15, 0.2) is 12.7 Å². The Morgan fingerprint density at radius 3 is 2.64 bits per heavy atom. The Hall–Kier alpha value is -0.850. The van der Waals surface area contributed by atoms with Crippen molar-refractivity contribution in [2.24, 2.45) is 5.92 Å². The second-order valence-electron chi connectivity index (χ2n) is 3.49. The first kappa shape index (κ1) is 11.2. The third-order valence-electron chi connectivity index (χ3n) is 2.60. The summed E-state index contributed by atoms with van der Waals surface area (Å²) in [5.74, 6) is -0.524. The van der Waals surface area contributed by atoms with Gasteiger partial charge in [0.25, 0.3) is 0 Å². The largest absolute Gasteiger partial charge is 0.344 e. The quantitative estimate of drug-likeness (QED) is 0.632. The Balaban J connectivity index is 2.42. The topological polar surface area (TPSA) is 42.2 Å². The number of rotatable bonds is 5. The molecule has 0 bridgehead atoms. The first-order chi connectivity index (χ1) is 6.76. The number of hydrogen-bond donors (Lipinski definition) is 0. The predicted molar refractivity (Wildman–Crippen MR) is 53.5 cm³/mol. The van der Waals surface area contributed by atoms with E-state index >= 15 is 0 Å². The molecule has 0 aromatic carbocycles. The van der Waals surface area contributed by atoms with Crippen molar-refractivity contribution in [1.82, 2.24) is 0 Å². The molecule has 1 aliphatic rings. The molecule has 1 heterocycles. The van der Waals surface area contributed by atoms with Crippen molar-refractivity contribution in [3.63, 3.8) is 0 Å². The summed E-state index contributed by atoms with van der Waals surface area (Å²) < 4.78 is 11.0. The lowest BCUT2D eigenvalue weighted by Crippen LogP contribution is -2.27. The number of nitriles is 1. The molecule has 1 aliphatic heterocycles. The summed E-state index contributed by atoms with van der Waals surface area (Å²) in [4.78, 5) is 0. The van der Waals surface area contributed by atoms with E-state index in [9.17, 15) is 0 Å². The maximum atomic E-state index is 8.80. The van der Waals surface area contributed by atoms with Crippen LogP contribution in [0, 0.1) is 17.2 Å². The van der Waals surface area contributed by atoms with Crippen LogP contribution in [0.1, 0.15) is 26.2 Å². The van der Waals surface area contributed by atoms with E-state index < -0.39 is 5.79 Å². The fraction of sp³-hybridized carbons (Fsp3) is 0.727. The van der Waals surface area contributed by atoms with Crippen LogP contribution in [-0.4, -0.2) is 19.0 Å². The van der Waals surface area contributed by atoms with E-state index in [0.29, 0.717) is 13.2 Å². The fourth-order valence-corrected chi connectivity index (χ4v) is 1.57. The van der Waals surface area contributed by atoms with Gasteiger partial charge in [-0.15, -0.1) is 0 Å². The van der Waals surface area contributed by atoms with Gasteiger partial charge in [0, 0.05) is 12.3 Å². The van der Waals surface area contributed by atoms with Gasteiger partial charge in [-0.2, -0.15) is 5.26 Å². The van der Waals surface area contributed by atoms with Gasteiger partial charge in [0.1, 0.15) is 0 Å².